The van der Waals surface area contributed by atoms with Gasteiger partial charge >= 0.3 is 0 Å². The number of nitrogens with zero attached hydrogens (tertiary/aromatic N) is 1. The number of aryl methyl sites for hydroxylation is 1. The van der Waals surface area contributed by atoms with Crippen LogP contribution in [0.1, 0.15) is 25.8 Å². The summed E-state index contributed by atoms with van der Waals surface area (Å²) in [4.78, 5) is 2.66. The van der Waals surface area contributed by atoms with Gasteiger partial charge in [-0.1, -0.05) is 19.9 Å². The van der Waals surface area contributed by atoms with Crippen molar-refractivity contribution in [2.24, 2.45) is 0 Å². The van der Waals surface area contributed by atoms with Gasteiger partial charge in [-0.2, -0.15) is 0 Å². The van der Waals surface area contributed by atoms with Gasteiger partial charge in [0.2, 0.25) is 0 Å². The summed E-state index contributed by atoms with van der Waals surface area (Å²) in [5, 5.41) is 0. The smallest absolute Gasteiger partial charge is 0.175 e. The van der Waals surface area contributed by atoms with Crippen LogP contribution in [0.25, 0.3) is 0 Å². The number of fused-ring (bicyclic) bond motifs is 1. The molecule has 0 bridgehead atoms. The van der Waals surface area contributed by atoms with Crippen LogP contribution in [0.3, 0.4) is 0 Å². The van der Waals surface area contributed by atoms with E-state index < -0.39 is 9.84 Å². The van der Waals surface area contributed by atoms with Gasteiger partial charge in [0.25, 0.3) is 0 Å². The maximum Gasteiger partial charge on any atom is 0.175 e. The van der Waals surface area contributed by atoms with E-state index in [0.717, 1.165) is 43.8 Å². The van der Waals surface area contributed by atoms with Crippen LogP contribution in [0, 0.1) is 0 Å². The molecular weight excluding hydrogens is 274 g/mol. The van der Waals surface area contributed by atoms with Gasteiger partial charge < -0.3 is 9.64 Å². The molecule has 0 saturated heterocycles. The molecule has 0 amide bonds. The van der Waals surface area contributed by atoms with Crippen LogP contribution in [-0.2, 0) is 16.3 Å². The molecule has 0 saturated carbocycles. The van der Waals surface area contributed by atoms with Crippen molar-refractivity contribution in [3.05, 3.63) is 23.8 Å². The van der Waals surface area contributed by atoms with Crippen molar-refractivity contribution >= 4 is 9.84 Å². The Labute approximate surface area is 121 Å². The van der Waals surface area contributed by atoms with Gasteiger partial charge in [0.05, 0.1) is 4.90 Å². The van der Waals surface area contributed by atoms with E-state index in [1.807, 2.05) is 6.07 Å². The second-order valence-electron chi connectivity index (χ2n) is 5.31. The maximum atomic E-state index is 11.6. The van der Waals surface area contributed by atoms with Gasteiger partial charge in [-0.3, -0.25) is 0 Å². The molecule has 1 unspecified atom stereocenters. The van der Waals surface area contributed by atoms with Crippen molar-refractivity contribution in [1.29, 1.82) is 0 Å². The summed E-state index contributed by atoms with van der Waals surface area (Å²) in [6, 6.07) is 5.21. The predicted octanol–water partition coefficient (Wildman–Crippen LogP) is 2.13. The van der Waals surface area contributed by atoms with E-state index in [1.165, 1.54) is 6.26 Å². The van der Waals surface area contributed by atoms with E-state index >= 15 is 0 Å². The van der Waals surface area contributed by atoms with Gasteiger partial charge in [0.1, 0.15) is 11.9 Å². The largest absolute Gasteiger partial charge is 0.489 e. The number of hydrogen-bond acceptors (Lipinski definition) is 4. The first-order chi connectivity index (χ1) is 9.44. The Morgan fingerprint density at radius 2 is 2.00 bits per heavy atom. The Kier molecular flexibility index (Phi) is 4.70. The molecule has 1 aromatic carbocycles. The van der Waals surface area contributed by atoms with Gasteiger partial charge in [-0.05, 0) is 43.6 Å². The number of ether oxygens (including phenoxy) is 1. The van der Waals surface area contributed by atoms with E-state index in [2.05, 4.69) is 18.7 Å². The highest BCUT2D eigenvalue weighted by Crippen LogP contribution is 2.30. The molecule has 0 aromatic heterocycles. The van der Waals surface area contributed by atoms with Crippen LogP contribution in [0.4, 0.5) is 0 Å². The lowest BCUT2D eigenvalue weighted by Gasteiger charge is -2.30. The zero-order valence-electron chi connectivity index (χ0n) is 12.4. The Hall–Kier alpha value is -1.07. The van der Waals surface area contributed by atoms with Crippen LogP contribution in [0.2, 0.25) is 0 Å². The fourth-order valence-electron chi connectivity index (χ4n) is 2.54. The van der Waals surface area contributed by atoms with Crippen LogP contribution in [-0.4, -0.2) is 45.3 Å². The number of rotatable bonds is 5. The minimum Gasteiger partial charge on any atom is -0.489 e. The molecule has 112 valence electrons. The molecule has 1 aliphatic heterocycles. The van der Waals surface area contributed by atoms with E-state index in [0.29, 0.717) is 4.90 Å². The summed E-state index contributed by atoms with van der Waals surface area (Å²) < 4.78 is 29.2. The first-order valence-electron chi connectivity index (χ1n) is 7.16. The fraction of sp³-hybridized carbons (Fsp3) is 0.600. The van der Waals surface area contributed by atoms with Crippen LogP contribution >= 0.6 is 0 Å². The molecule has 4 nitrogen and oxygen atoms in total. The quantitative estimate of drug-likeness (QED) is 0.835. The molecule has 1 aromatic rings. The first-order valence-corrected chi connectivity index (χ1v) is 9.05. The van der Waals surface area contributed by atoms with Gasteiger partial charge in [0, 0.05) is 12.8 Å². The Bertz CT molecular complexity index is 564. The Morgan fingerprint density at radius 3 is 2.60 bits per heavy atom. The Morgan fingerprint density at radius 1 is 1.30 bits per heavy atom. The topological polar surface area (TPSA) is 46.6 Å². The highest BCUT2D eigenvalue weighted by atomic mass is 32.2. The Balaban J connectivity index is 2.16. The molecule has 0 N–H and O–H groups in total. The third-order valence-electron chi connectivity index (χ3n) is 3.85. The lowest BCUT2D eigenvalue weighted by molar-refractivity contribution is 0.119. The summed E-state index contributed by atoms with van der Waals surface area (Å²) >= 11 is 0. The molecule has 0 radical (unpaired) electrons. The van der Waals surface area contributed by atoms with Crippen molar-refractivity contribution < 1.29 is 13.2 Å². The third kappa shape index (κ3) is 3.52. The van der Waals surface area contributed by atoms with Crippen molar-refractivity contribution in [3.63, 3.8) is 0 Å². The third-order valence-corrected chi connectivity index (χ3v) is 4.96. The van der Waals surface area contributed by atoms with Crippen LogP contribution in [0.15, 0.2) is 23.1 Å². The summed E-state index contributed by atoms with van der Waals surface area (Å²) in [5.41, 5.74) is 1.10. The maximum absolute atomic E-state index is 11.6. The molecule has 1 atom stereocenters. The van der Waals surface area contributed by atoms with Crippen molar-refractivity contribution in [1.82, 2.24) is 4.90 Å². The number of sulfone groups is 1. The van der Waals surface area contributed by atoms with Crippen LogP contribution < -0.4 is 4.74 Å². The second kappa shape index (κ2) is 6.14. The standard InChI is InChI=1S/C15H23NO3S/c1-4-16(5-2)11-13-8-6-12-7-9-14(20(3,17)18)10-15(12)19-13/h7,9-10,13H,4-6,8,11H2,1-3H3. The second-order valence-corrected chi connectivity index (χ2v) is 7.32. The fourth-order valence-corrected chi connectivity index (χ4v) is 3.17. The average molecular weight is 297 g/mol. The highest BCUT2D eigenvalue weighted by Gasteiger charge is 2.22. The zero-order chi connectivity index (χ0) is 14.8. The van der Waals surface area contributed by atoms with Gasteiger partial charge in [-0.15, -0.1) is 0 Å². The minimum absolute atomic E-state index is 0.150. The lowest BCUT2D eigenvalue weighted by atomic mass is 10.0. The minimum atomic E-state index is -3.18. The highest BCUT2D eigenvalue weighted by molar-refractivity contribution is 7.90. The molecule has 2 rings (SSSR count). The monoisotopic (exact) mass is 297 g/mol. The number of likely N-dealkylation sites (N-methyl/N-ethyl adjacent to an activating group) is 1. The van der Waals surface area contributed by atoms with Crippen molar-refractivity contribution in [2.45, 2.75) is 37.7 Å². The van der Waals surface area contributed by atoms with Gasteiger partial charge in [-0.25, -0.2) is 8.42 Å². The molecule has 0 spiro atoms. The van der Waals surface area contributed by atoms with Crippen LogP contribution in [0.5, 0.6) is 5.75 Å². The van der Waals surface area contributed by atoms with Crippen molar-refractivity contribution in [2.75, 3.05) is 25.9 Å². The van der Waals surface area contributed by atoms with E-state index in [-0.39, 0.29) is 6.10 Å². The molecule has 5 heteroatoms. The predicted molar refractivity (Wildman–Crippen MR) is 80.1 cm³/mol. The summed E-state index contributed by atoms with van der Waals surface area (Å²) in [6.45, 7) is 7.19. The summed E-state index contributed by atoms with van der Waals surface area (Å²) in [6.07, 6.45) is 3.31. The molecule has 1 aliphatic rings. The SMILES string of the molecule is CCN(CC)CC1CCc2ccc(S(C)(=O)=O)cc2O1. The summed E-state index contributed by atoms with van der Waals surface area (Å²) in [7, 11) is -3.18. The molecule has 0 fully saturated rings. The average Bonchev–Trinajstić information content (AvgIpc) is 2.43. The van der Waals surface area contributed by atoms with E-state index in [4.69, 9.17) is 4.74 Å². The lowest BCUT2D eigenvalue weighted by Crippen LogP contribution is -2.37. The normalized spacial score (nSPS) is 18.7. The zero-order valence-corrected chi connectivity index (χ0v) is 13.2. The van der Waals surface area contributed by atoms with E-state index in [9.17, 15) is 8.42 Å². The first kappa shape index (κ1) is 15.3. The molecular formula is C15H23NO3S. The van der Waals surface area contributed by atoms with Gasteiger partial charge in [0.15, 0.2) is 9.84 Å². The molecule has 0 aliphatic carbocycles. The number of benzene rings is 1. The summed E-state index contributed by atoms with van der Waals surface area (Å²) in [5.74, 6) is 0.733. The van der Waals surface area contributed by atoms with E-state index in [1.54, 1.807) is 12.1 Å². The molecule has 20 heavy (non-hydrogen) atoms. The van der Waals surface area contributed by atoms with Crippen molar-refractivity contribution in [3.8, 4) is 5.75 Å². The number of hydrogen-bond donors (Lipinski definition) is 0. The molecule has 1 heterocycles.